The van der Waals surface area contributed by atoms with Crippen LogP contribution in [0.5, 0.6) is 5.75 Å². The Labute approximate surface area is 168 Å². The van der Waals surface area contributed by atoms with Crippen LogP contribution in [-0.4, -0.2) is 50.1 Å². The second kappa shape index (κ2) is 8.73. The molecule has 1 aliphatic rings. The molecule has 1 heterocycles. The fourth-order valence-corrected chi connectivity index (χ4v) is 3.36. The largest absolute Gasteiger partial charge is 0.497 e. The van der Waals surface area contributed by atoms with E-state index in [-0.39, 0.29) is 11.6 Å². The topological polar surface area (TPSA) is 44.8 Å². The SMILES string of the molecule is COc1cccc(N2CCN([C@H](C)C(=O)Nc3cccc(C(F)(F)F)c3)CC2)c1. The average molecular weight is 407 g/mol. The van der Waals surface area contributed by atoms with Gasteiger partial charge in [0.05, 0.1) is 18.7 Å². The van der Waals surface area contributed by atoms with E-state index in [1.807, 2.05) is 29.2 Å². The lowest BCUT2D eigenvalue weighted by Gasteiger charge is -2.38. The molecular weight excluding hydrogens is 383 g/mol. The number of halogens is 3. The molecule has 29 heavy (non-hydrogen) atoms. The molecule has 0 saturated carbocycles. The molecule has 8 heteroatoms. The van der Waals surface area contributed by atoms with Crippen LogP contribution in [0, 0.1) is 0 Å². The van der Waals surface area contributed by atoms with E-state index < -0.39 is 17.8 Å². The number of ether oxygens (including phenoxy) is 1. The lowest BCUT2D eigenvalue weighted by molar-refractivity contribution is -0.137. The van der Waals surface area contributed by atoms with Gasteiger partial charge in [-0.2, -0.15) is 13.2 Å². The van der Waals surface area contributed by atoms with Gasteiger partial charge >= 0.3 is 6.18 Å². The molecule has 0 radical (unpaired) electrons. The maximum atomic E-state index is 12.8. The van der Waals surface area contributed by atoms with Gasteiger partial charge in [-0.15, -0.1) is 0 Å². The summed E-state index contributed by atoms with van der Waals surface area (Å²) in [5, 5.41) is 2.60. The van der Waals surface area contributed by atoms with Gasteiger partial charge in [-0.05, 0) is 37.3 Å². The third-order valence-corrected chi connectivity index (χ3v) is 5.12. The van der Waals surface area contributed by atoms with Crippen molar-refractivity contribution in [1.29, 1.82) is 0 Å². The molecule has 1 saturated heterocycles. The van der Waals surface area contributed by atoms with Crippen molar-refractivity contribution >= 4 is 17.3 Å². The van der Waals surface area contributed by atoms with Gasteiger partial charge in [-0.25, -0.2) is 0 Å². The zero-order valence-corrected chi connectivity index (χ0v) is 16.4. The van der Waals surface area contributed by atoms with E-state index in [0.29, 0.717) is 13.1 Å². The first-order valence-electron chi connectivity index (χ1n) is 9.39. The van der Waals surface area contributed by atoms with E-state index in [2.05, 4.69) is 10.2 Å². The molecule has 2 aromatic rings. The first-order valence-corrected chi connectivity index (χ1v) is 9.39. The molecule has 1 atom stereocenters. The van der Waals surface area contributed by atoms with Gasteiger partial charge in [-0.1, -0.05) is 12.1 Å². The van der Waals surface area contributed by atoms with Gasteiger partial charge in [0.2, 0.25) is 5.91 Å². The van der Waals surface area contributed by atoms with Crippen molar-refractivity contribution in [3.63, 3.8) is 0 Å². The maximum Gasteiger partial charge on any atom is 0.416 e. The molecule has 0 unspecified atom stereocenters. The Morgan fingerprint density at radius 1 is 1.07 bits per heavy atom. The Balaban J connectivity index is 1.57. The zero-order valence-electron chi connectivity index (χ0n) is 16.4. The van der Waals surface area contributed by atoms with Crippen LogP contribution in [0.25, 0.3) is 0 Å². The van der Waals surface area contributed by atoms with Crippen molar-refractivity contribution in [3.05, 3.63) is 54.1 Å². The molecule has 0 aromatic heterocycles. The van der Waals surface area contributed by atoms with Crippen molar-refractivity contribution in [3.8, 4) is 5.75 Å². The van der Waals surface area contributed by atoms with E-state index in [4.69, 9.17) is 4.74 Å². The van der Waals surface area contributed by atoms with Gasteiger partial charge in [0, 0.05) is 43.6 Å². The molecule has 156 valence electrons. The number of nitrogens with one attached hydrogen (secondary N) is 1. The minimum atomic E-state index is -4.44. The van der Waals surface area contributed by atoms with Crippen LogP contribution < -0.4 is 15.0 Å². The number of hydrogen-bond donors (Lipinski definition) is 1. The van der Waals surface area contributed by atoms with Crippen LogP contribution in [0.3, 0.4) is 0 Å². The monoisotopic (exact) mass is 407 g/mol. The predicted molar refractivity (Wildman–Crippen MR) is 106 cm³/mol. The standard InChI is InChI=1S/C21H24F3N3O2/c1-15(20(28)25-17-6-3-5-16(13-17)21(22,23)24)26-9-11-27(12-10-26)18-7-4-8-19(14-18)29-2/h3-8,13-15H,9-12H2,1-2H3,(H,25,28)/t15-/m1/s1. The Bertz CT molecular complexity index is 849. The van der Waals surface area contributed by atoms with Gasteiger partial charge < -0.3 is 15.0 Å². The molecule has 3 rings (SSSR count). The van der Waals surface area contributed by atoms with Crippen molar-refractivity contribution in [2.75, 3.05) is 43.5 Å². The first-order chi connectivity index (χ1) is 13.8. The number of rotatable bonds is 5. The second-order valence-corrected chi connectivity index (χ2v) is 6.97. The minimum Gasteiger partial charge on any atom is -0.497 e. The van der Waals surface area contributed by atoms with Crippen molar-refractivity contribution < 1.29 is 22.7 Å². The second-order valence-electron chi connectivity index (χ2n) is 6.97. The number of carbonyl (C=O) groups excluding carboxylic acids is 1. The summed E-state index contributed by atoms with van der Waals surface area (Å²) in [6.07, 6.45) is -4.44. The summed E-state index contributed by atoms with van der Waals surface area (Å²) in [5.74, 6) is 0.470. The van der Waals surface area contributed by atoms with Gasteiger partial charge in [0.25, 0.3) is 0 Å². The van der Waals surface area contributed by atoms with Crippen molar-refractivity contribution in [1.82, 2.24) is 4.90 Å². The van der Waals surface area contributed by atoms with E-state index >= 15 is 0 Å². The average Bonchev–Trinajstić information content (AvgIpc) is 2.73. The summed E-state index contributed by atoms with van der Waals surface area (Å²) in [5.41, 5.74) is 0.423. The zero-order chi connectivity index (χ0) is 21.0. The van der Waals surface area contributed by atoms with Gasteiger partial charge in [-0.3, -0.25) is 9.69 Å². The molecule has 0 spiro atoms. The molecule has 1 fully saturated rings. The highest BCUT2D eigenvalue weighted by Gasteiger charge is 2.31. The van der Waals surface area contributed by atoms with E-state index in [1.165, 1.54) is 12.1 Å². The third-order valence-electron chi connectivity index (χ3n) is 5.12. The fourth-order valence-electron chi connectivity index (χ4n) is 3.36. The highest BCUT2D eigenvalue weighted by atomic mass is 19.4. The van der Waals surface area contributed by atoms with Crippen molar-refractivity contribution in [2.24, 2.45) is 0 Å². The summed E-state index contributed by atoms with van der Waals surface area (Å²) < 4.78 is 43.8. The molecule has 1 N–H and O–H groups in total. The van der Waals surface area contributed by atoms with E-state index in [0.717, 1.165) is 36.7 Å². The quantitative estimate of drug-likeness (QED) is 0.818. The molecule has 1 aliphatic heterocycles. The Hall–Kier alpha value is -2.74. The molecule has 2 aromatic carbocycles. The number of piperazine rings is 1. The summed E-state index contributed by atoms with van der Waals surface area (Å²) in [6, 6.07) is 12.0. The number of benzene rings is 2. The van der Waals surface area contributed by atoms with Crippen LogP contribution in [0.1, 0.15) is 12.5 Å². The van der Waals surface area contributed by atoms with Crippen LogP contribution in [0.15, 0.2) is 48.5 Å². The molecular formula is C21H24F3N3O2. The lowest BCUT2D eigenvalue weighted by Crippen LogP contribution is -2.52. The van der Waals surface area contributed by atoms with E-state index in [1.54, 1.807) is 14.0 Å². The third kappa shape index (κ3) is 5.20. The summed E-state index contributed by atoms with van der Waals surface area (Å²) in [6.45, 7) is 4.61. The number of amides is 1. The predicted octanol–water partition coefficient (Wildman–Crippen LogP) is 3.86. The summed E-state index contributed by atoms with van der Waals surface area (Å²) in [4.78, 5) is 16.8. The van der Waals surface area contributed by atoms with E-state index in [9.17, 15) is 18.0 Å². The highest BCUT2D eigenvalue weighted by Crippen LogP contribution is 2.30. The lowest BCUT2D eigenvalue weighted by atomic mass is 10.1. The number of nitrogens with zero attached hydrogens (tertiary/aromatic N) is 2. The molecule has 5 nitrogen and oxygen atoms in total. The van der Waals surface area contributed by atoms with Crippen LogP contribution >= 0.6 is 0 Å². The Morgan fingerprint density at radius 3 is 2.41 bits per heavy atom. The van der Waals surface area contributed by atoms with Crippen molar-refractivity contribution in [2.45, 2.75) is 19.1 Å². The Morgan fingerprint density at radius 2 is 1.76 bits per heavy atom. The smallest absolute Gasteiger partial charge is 0.416 e. The summed E-state index contributed by atoms with van der Waals surface area (Å²) in [7, 11) is 1.63. The van der Waals surface area contributed by atoms with Crippen LogP contribution in [0.2, 0.25) is 0 Å². The van der Waals surface area contributed by atoms with Crippen LogP contribution in [-0.2, 0) is 11.0 Å². The van der Waals surface area contributed by atoms with Gasteiger partial charge in [0.1, 0.15) is 5.75 Å². The molecule has 0 aliphatic carbocycles. The molecule has 1 amide bonds. The number of anilines is 2. The number of methoxy groups -OCH3 is 1. The number of carbonyl (C=O) groups is 1. The first kappa shape index (κ1) is 21.0. The fraction of sp³-hybridized carbons (Fsp3) is 0.381. The minimum absolute atomic E-state index is 0.145. The van der Waals surface area contributed by atoms with Gasteiger partial charge in [0.15, 0.2) is 0 Å². The number of hydrogen-bond acceptors (Lipinski definition) is 4. The van der Waals surface area contributed by atoms with Crippen LogP contribution in [0.4, 0.5) is 24.5 Å². The maximum absolute atomic E-state index is 12.8. The highest BCUT2D eigenvalue weighted by molar-refractivity contribution is 5.94. The normalized spacial score (nSPS) is 16.4. The summed E-state index contributed by atoms with van der Waals surface area (Å²) >= 11 is 0. The Kier molecular flexibility index (Phi) is 6.32. The molecule has 0 bridgehead atoms. The number of alkyl halides is 3.